The molecule has 5 nitrogen and oxygen atoms in total. The van der Waals surface area contributed by atoms with Crippen molar-refractivity contribution in [1.29, 1.82) is 0 Å². The van der Waals surface area contributed by atoms with E-state index in [1.54, 1.807) is 22.1 Å². The van der Waals surface area contributed by atoms with Gasteiger partial charge in [-0.25, -0.2) is 4.98 Å². The summed E-state index contributed by atoms with van der Waals surface area (Å²) < 4.78 is 1.78. The second-order valence-corrected chi connectivity index (χ2v) is 7.85. The van der Waals surface area contributed by atoms with Crippen LogP contribution in [0.2, 0.25) is 0 Å². The predicted octanol–water partition coefficient (Wildman–Crippen LogP) is 3.92. The summed E-state index contributed by atoms with van der Waals surface area (Å²) in [5.41, 5.74) is 2.26. The van der Waals surface area contributed by atoms with E-state index in [4.69, 9.17) is 4.98 Å². The molecule has 0 spiro atoms. The first-order chi connectivity index (χ1) is 12.1. The summed E-state index contributed by atoms with van der Waals surface area (Å²) in [6.07, 6.45) is 6.23. The minimum atomic E-state index is 0.0507. The van der Waals surface area contributed by atoms with Crippen LogP contribution in [0.25, 0.3) is 10.2 Å². The summed E-state index contributed by atoms with van der Waals surface area (Å²) in [4.78, 5) is 24.6. The van der Waals surface area contributed by atoms with E-state index in [-0.39, 0.29) is 11.6 Å². The van der Waals surface area contributed by atoms with Crippen molar-refractivity contribution in [2.75, 3.05) is 5.32 Å². The molecule has 4 rings (SSSR count). The van der Waals surface area contributed by atoms with Crippen molar-refractivity contribution in [2.24, 2.45) is 0 Å². The fraction of sp³-hybridized carbons (Fsp3) is 0.421. The van der Waals surface area contributed by atoms with Crippen molar-refractivity contribution < 1.29 is 0 Å². The molecule has 3 heterocycles. The molecular formula is C19H22N4OS. The maximum Gasteiger partial charge on any atom is 0.264 e. The first-order valence-corrected chi connectivity index (χ1v) is 9.67. The van der Waals surface area contributed by atoms with Crippen LogP contribution in [0.1, 0.15) is 48.9 Å². The Kier molecular flexibility index (Phi) is 4.29. The summed E-state index contributed by atoms with van der Waals surface area (Å²) >= 11 is 1.69. The summed E-state index contributed by atoms with van der Waals surface area (Å²) in [5.74, 6) is 0.636. The number of pyridine rings is 1. The van der Waals surface area contributed by atoms with E-state index in [9.17, 15) is 4.79 Å². The minimum Gasteiger partial charge on any atom is -0.350 e. The SMILES string of the molecule is CC(C)n1c(NCc2ccccn2)nc2sc3c(c2c1=O)CCCC3. The van der Waals surface area contributed by atoms with Crippen molar-refractivity contribution in [3.05, 3.63) is 50.9 Å². The zero-order valence-corrected chi connectivity index (χ0v) is 15.4. The zero-order valence-electron chi connectivity index (χ0n) is 14.6. The fourth-order valence-electron chi connectivity index (χ4n) is 3.49. The minimum absolute atomic E-state index is 0.0507. The van der Waals surface area contributed by atoms with E-state index in [0.29, 0.717) is 12.5 Å². The van der Waals surface area contributed by atoms with Crippen molar-refractivity contribution >= 4 is 27.5 Å². The Labute approximate surface area is 150 Å². The maximum atomic E-state index is 13.2. The van der Waals surface area contributed by atoms with E-state index in [1.807, 2.05) is 32.0 Å². The number of aryl methyl sites for hydroxylation is 2. The third-order valence-electron chi connectivity index (χ3n) is 4.69. The molecular weight excluding hydrogens is 332 g/mol. The van der Waals surface area contributed by atoms with Gasteiger partial charge in [-0.05, 0) is 57.2 Å². The number of nitrogens with zero attached hydrogens (tertiary/aromatic N) is 3. The number of hydrogen-bond acceptors (Lipinski definition) is 5. The lowest BCUT2D eigenvalue weighted by atomic mass is 9.97. The molecule has 3 aromatic heterocycles. The molecule has 25 heavy (non-hydrogen) atoms. The van der Waals surface area contributed by atoms with Crippen LogP contribution in [0.4, 0.5) is 5.95 Å². The summed E-state index contributed by atoms with van der Waals surface area (Å²) in [6.45, 7) is 4.61. The van der Waals surface area contributed by atoms with Gasteiger partial charge in [0.25, 0.3) is 5.56 Å². The molecule has 0 radical (unpaired) electrons. The molecule has 1 N–H and O–H groups in total. The summed E-state index contributed by atoms with van der Waals surface area (Å²) in [5, 5.41) is 4.16. The van der Waals surface area contributed by atoms with Gasteiger partial charge in [0.1, 0.15) is 4.83 Å². The highest BCUT2D eigenvalue weighted by Gasteiger charge is 2.22. The van der Waals surface area contributed by atoms with E-state index in [0.717, 1.165) is 28.8 Å². The van der Waals surface area contributed by atoms with E-state index in [2.05, 4.69) is 10.3 Å². The van der Waals surface area contributed by atoms with Crippen LogP contribution in [0, 0.1) is 0 Å². The normalized spacial score (nSPS) is 14.0. The van der Waals surface area contributed by atoms with Gasteiger partial charge in [0.05, 0.1) is 17.6 Å². The van der Waals surface area contributed by atoms with E-state index < -0.39 is 0 Å². The topological polar surface area (TPSA) is 59.8 Å². The highest BCUT2D eigenvalue weighted by molar-refractivity contribution is 7.18. The summed E-state index contributed by atoms with van der Waals surface area (Å²) in [7, 11) is 0. The second-order valence-electron chi connectivity index (χ2n) is 6.77. The molecule has 0 saturated carbocycles. The predicted molar refractivity (Wildman–Crippen MR) is 102 cm³/mol. The molecule has 0 bridgehead atoms. The van der Waals surface area contributed by atoms with Gasteiger partial charge >= 0.3 is 0 Å². The molecule has 3 aromatic rings. The highest BCUT2D eigenvalue weighted by atomic mass is 32.1. The van der Waals surface area contributed by atoms with Crippen LogP contribution in [0.5, 0.6) is 0 Å². The number of anilines is 1. The van der Waals surface area contributed by atoms with Crippen LogP contribution < -0.4 is 10.9 Å². The zero-order chi connectivity index (χ0) is 17.4. The van der Waals surface area contributed by atoms with Crippen LogP contribution >= 0.6 is 11.3 Å². The molecule has 6 heteroatoms. The molecule has 0 amide bonds. The van der Waals surface area contributed by atoms with Gasteiger partial charge in [-0.3, -0.25) is 14.3 Å². The third kappa shape index (κ3) is 2.95. The van der Waals surface area contributed by atoms with Gasteiger partial charge < -0.3 is 5.32 Å². The fourth-order valence-corrected chi connectivity index (χ4v) is 4.75. The van der Waals surface area contributed by atoms with Crippen LogP contribution in [0.15, 0.2) is 29.2 Å². The Morgan fingerprint density at radius 3 is 2.88 bits per heavy atom. The average molecular weight is 354 g/mol. The lowest BCUT2D eigenvalue weighted by Crippen LogP contribution is -2.27. The van der Waals surface area contributed by atoms with Crippen molar-refractivity contribution in [3.8, 4) is 0 Å². The maximum absolute atomic E-state index is 13.2. The Hall–Kier alpha value is -2.21. The van der Waals surface area contributed by atoms with Gasteiger partial charge in [-0.15, -0.1) is 11.3 Å². The van der Waals surface area contributed by atoms with Gasteiger partial charge in [-0.1, -0.05) is 6.07 Å². The molecule has 0 saturated heterocycles. The third-order valence-corrected chi connectivity index (χ3v) is 5.88. The van der Waals surface area contributed by atoms with Crippen molar-refractivity contribution in [3.63, 3.8) is 0 Å². The molecule has 0 atom stereocenters. The number of nitrogens with one attached hydrogen (secondary N) is 1. The first kappa shape index (κ1) is 16.3. The standard InChI is InChI=1S/C19H22N4OS/c1-12(2)23-18(24)16-14-8-3-4-9-15(14)25-17(16)22-19(23)21-11-13-7-5-6-10-20-13/h5-7,10,12H,3-4,8-9,11H2,1-2H3,(H,21,22). The monoisotopic (exact) mass is 354 g/mol. The quantitative estimate of drug-likeness (QED) is 0.771. The molecule has 0 aliphatic heterocycles. The largest absolute Gasteiger partial charge is 0.350 e. The van der Waals surface area contributed by atoms with Gasteiger partial charge in [-0.2, -0.15) is 0 Å². The first-order valence-electron chi connectivity index (χ1n) is 8.85. The second kappa shape index (κ2) is 6.59. The number of hydrogen-bond donors (Lipinski definition) is 1. The lowest BCUT2D eigenvalue weighted by Gasteiger charge is -2.17. The smallest absolute Gasteiger partial charge is 0.264 e. The average Bonchev–Trinajstić information content (AvgIpc) is 2.99. The molecule has 0 unspecified atom stereocenters. The number of fused-ring (bicyclic) bond motifs is 3. The van der Waals surface area contributed by atoms with Crippen LogP contribution in [-0.2, 0) is 19.4 Å². The Balaban J connectivity index is 1.80. The van der Waals surface area contributed by atoms with Crippen LogP contribution in [0.3, 0.4) is 0 Å². The van der Waals surface area contributed by atoms with Gasteiger partial charge in [0, 0.05) is 17.1 Å². The summed E-state index contributed by atoms with van der Waals surface area (Å²) in [6, 6.07) is 5.87. The number of aromatic nitrogens is 3. The van der Waals surface area contributed by atoms with Crippen molar-refractivity contribution in [2.45, 2.75) is 52.1 Å². The molecule has 0 aromatic carbocycles. The van der Waals surface area contributed by atoms with Gasteiger partial charge in [0.15, 0.2) is 0 Å². The lowest BCUT2D eigenvalue weighted by molar-refractivity contribution is 0.579. The Bertz CT molecular complexity index is 959. The molecule has 130 valence electrons. The molecule has 1 aliphatic rings. The number of thiophene rings is 1. The van der Waals surface area contributed by atoms with Crippen LogP contribution in [-0.4, -0.2) is 14.5 Å². The Morgan fingerprint density at radius 1 is 1.28 bits per heavy atom. The molecule has 0 fully saturated rings. The molecule has 1 aliphatic carbocycles. The highest BCUT2D eigenvalue weighted by Crippen LogP contribution is 2.34. The van der Waals surface area contributed by atoms with Crippen molar-refractivity contribution in [1.82, 2.24) is 14.5 Å². The van der Waals surface area contributed by atoms with E-state index >= 15 is 0 Å². The van der Waals surface area contributed by atoms with E-state index in [1.165, 1.54) is 23.3 Å². The van der Waals surface area contributed by atoms with Gasteiger partial charge in [0.2, 0.25) is 5.95 Å². The Morgan fingerprint density at radius 2 is 2.12 bits per heavy atom. The number of rotatable bonds is 4.